The van der Waals surface area contributed by atoms with E-state index in [2.05, 4.69) is 22.1 Å². The van der Waals surface area contributed by atoms with E-state index in [1.807, 2.05) is 36.4 Å². The molecule has 0 bridgehead atoms. The highest BCUT2D eigenvalue weighted by atomic mass is 16.2. The van der Waals surface area contributed by atoms with Crippen LogP contribution >= 0.6 is 0 Å². The van der Waals surface area contributed by atoms with Crippen molar-refractivity contribution in [3.05, 3.63) is 65.5 Å². The fourth-order valence-corrected chi connectivity index (χ4v) is 5.28. The van der Waals surface area contributed by atoms with E-state index in [9.17, 15) is 9.59 Å². The number of aromatic nitrogens is 1. The van der Waals surface area contributed by atoms with Crippen LogP contribution in [0.4, 0.5) is 0 Å². The van der Waals surface area contributed by atoms with Crippen molar-refractivity contribution in [2.45, 2.75) is 69.9 Å². The van der Waals surface area contributed by atoms with Gasteiger partial charge in [0.1, 0.15) is 0 Å². The standard InChI is InChI=1S/C25H31N3O2/c1-2-3-17-28-24(30)21-10-6-5-9-20(21)22(25(28)13-7-4-8-14-25)23(29)27-18-19-11-15-26-16-12-19/h5-6,9-12,15-16,22H,2-4,7-8,13-14,17-18H2,1H3,(H,27,29)/t22-/m1/s1. The third kappa shape index (κ3) is 3.73. The summed E-state index contributed by atoms with van der Waals surface area (Å²) in [5.41, 5.74) is 2.19. The number of hydrogen-bond donors (Lipinski definition) is 1. The van der Waals surface area contributed by atoms with Gasteiger partial charge in [-0.2, -0.15) is 0 Å². The summed E-state index contributed by atoms with van der Waals surface area (Å²) in [7, 11) is 0. The molecule has 2 aliphatic rings. The lowest BCUT2D eigenvalue weighted by Crippen LogP contribution is -2.62. The van der Waals surface area contributed by atoms with Crippen LogP contribution in [0.3, 0.4) is 0 Å². The summed E-state index contributed by atoms with van der Waals surface area (Å²) in [5.74, 6) is -0.209. The first kappa shape index (κ1) is 20.6. The molecule has 1 N–H and O–H groups in total. The monoisotopic (exact) mass is 405 g/mol. The molecule has 1 fully saturated rings. The highest BCUT2D eigenvalue weighted by molar-refractivity contribution is 6.02. The van der Waals surface area contributed by atoms with E-state index in [1.165, 1.54) is 6.42 Å². The van der Waals surface area contributed by atoms with E-state index in [1.54, 1.807) is 12.4 Å². The predicted molar refractivity (Wildman–Crippen MR) is 117 cm³/mol. The highest BCUT2D eigenvalue weighted by Crippen LogP contribution is 2.49. The summed E-state index contributed by atoms with van der Waals surface area (Å²) >= 11 is 0. The molecule has 5 nitrogen and oxygen atoms in total. The molecule has 1 spiro atoms. The van der Waals surface area contributed by atoms with Gasteiger partial charge in [-0.25, -0.2) is 0 Å². The van der Waals surface area contributed by atoms with Crippen LogP contribution in [0.5, 0.6) is 0 Å². The molecule has 0 radical (unpaired) electrons. The number of benzene rings is 1. The Bertz CT molecular complexity index is 890. The minimum atomic E-state index is -0.415. The van der Waals surface area contributed by atoms with Crippen molar-refractivity contribution in [2.75, 3.05) is 6.54 Å². The van der Waals surface area contributed by atoms with E-state index in [-0.39, 0.29) is 17.7 Å². The summed E-state index contributed by atoms with van der Waals surface area (Å²) in [6.07, 6.45) is 10.6. The Kier molecular flexibility index (Phi) is 6.16. The Morgan fingerprint density at radius 1 is 1.13 bits per heavy atom. The van der Waals surface area contributed by atoms with Crippen molar-refractivity contribution in [2.24, 2.45) is 0 Å². The molecule has 1 aliphatic carbocycles. The molecule has 4 rings (SSSR count). The minimum Gasteiger partial charge on any atom is -0.351 e. The normalized spacial score (nSPS) is 20.1. The van der Waals surface area contributed by atoms with Crippen molar-refractivity contribution in [1.29, 1.82) is 0 Å². The number of pyridine rings is 1. The van der Waals surface area contributed by atoms with Crippen LogP contribution in [0.15, 0.2) is 48.8 Å². The molecule has 0 saturated heterocycles. The van der Waals surface area contributed by atoms with Gasteiger partial charge in [-0.05, 0) is 48.6 Å². The van der Waals surface area contributed by atoms with Crippen LogP contribution in [-0.4, -0.2) is 33.8 Å². The molecule has 5 heteroatoms. The Morgan fingerprint density at radius 2 is 1.87 bits per heavy atom. The molecule has 2 amide bonds. The number of rotatable bonds is 6. The number of nitrogens with zero attached hydrogens (tertiary/aromatic N) is 2. The van der Waals surface area contributed by atoms with Gasteiger partial charge in [0.15, 0.2) is 0 Å². The maximum atomic E-state index is 13.7. The highest BCUT2D eigenvalue weighted by Gasteiger charge is 2.54. The van der Waals surface area contributed by atoms with Crippen LogP contribution in [0.1, 0.15) is 79.3 Å². The number of hydrogen-bond acceptors (Lipinski definition) is 3. The first-order chi connectivity index (χ1) is 14.7. The second-order valence-electron chi connectivity index (χ2n) is 8.57. The second kappa shape index (κ2) is 8.99. The molecule has 1 atom stereocenters. The molecule has 1 aromatic carbocycles. The molecule has 2 aromatic rings. The SMILES string of the molecule is CCCCN1C(=O)c2ccccc2[C@H](C(=O)NCc2ccncc2)C12CCCCC2. The number of unbranched alkanes of at least 4 members (excludes halogenated alkanes) is 1. The number of carbonyl (C=O) groups excluding carboxylic acids is 2. The van der Waals surface area contributed by atoms with Gasteiger partial charge >= 0.3 is 0 Å². The molecule has 1 aromatic heterocycles. The third-order valence-electron chi connectivity index (χ3n) is 6.76. The van der Waals surface area contributed by atoms with Crippen molar-refractivity contribution >= 4 is 11.8 Å². The Morgan fingerprint density at radius 3 is 2.60 bits per heavy atom. The average molecular weight is 406 g/mol. The van der Waals surface area contributed by atoms with Gasteiger partial charge in [0.05, 0.1) is 11.5 Å². The van der Waals surface area contributed by atoms with Gasteiger partial charge in [-0.15, -0.1) is 0 Å². The largest absolute Gasteiger partial charge is 0.351 e. The molecular weight excluding hydrogens is 374 g/mol. The molecule has 158 valence electrons. The maximum Gasteiger partial charge on any atom is 0.254 e. The van der Waals surface area contributed by atoms with Crippen LogP contribution < -0.4 is 5.32 Å². The number of carbonyl (C=O) groups is 2. The van der Waals surface area contributed by atoms with Gasteiger partial charge in [-0.3, -0.25) is 14.6 Å². The van der Waals surface area contributed by atoms with E-state index in [4.69, 9.17) is 0 Å². The molecule has 1 aliphatic heterocycles. The topological polar surface area (TPSA) is 62.3 Å². The summed E-state index contributed by atoms with van der Waals surface area (Å²) in [5, 5.41) is 3.17. The van der Waals surface area contributed by atoms with Crippen LogP contribution in [-0.2, 0) is 11.3 Å². The first-order valence-electron chi connectivity index (χ1n) is 11.2. The summed E-state index contributed by atoms with van der Waals surface area (Å²) < 4.78 is 0. The quantitative estimate of drug-likeness (QED) is 0.773. The second-order valence-corrected chi connectivity index (χ2v) is 8.57. The number of nitrogens with one attached hydrogen (secondary N) is 1. The average Bonchev–Trinajstić information content (AvgIpc) is 2.79. The van der Waals surface area contributed by atoms with Gasteiger partial charge in [0.2, 0.25) is 5.91 Å². The van der Waals surface area contributed by atoms with Crippen molar-refractivity contribution in [1.82, 2.24) is 15.2 Å². The van der Waals surface area contributed by atoms with Gasteiger partial charge in [-0.1, -0.05) is 50.8 Å². The Balaban J connectivity index is 1.72. The zero-order valence-electron chi connectivity index (χ0n) is 17.8. The fraction of sp³-hybridized carbons (Fsp3) is 0.480. The minimum absolute atomic E-state index is 0.0233. The zero-order valence-corrected chi connectivity index (χ0v) is 17.8. The number of amides is 2. The first-order valence-corrected chi connectivity index (χ1v) is 11.2. The van der Waals surface area contributed by atoms with Gasteiger partial charge in [0, 0.05) is 31.0 Å². The van der Waals surface area contributed by atoms with E-state index >= 15 is 0 Å². The molecular formula is C25H31N3O2. The maximum absolute atomic E-state index is 13.7. The molecule has 30 heavy (non-hydrogen) atoms. The molecule has 0 unspecified atom stereocenters. The van der Waals surface area contributed by atoms with Crippen LogP contribution in [0, 0.1) is 0 Å². The smallest absolute Gasteiger partial charge is 0.254 e. The van der Waals surface area contributed by atoms with E-state index in [0.29, 0.717) is 12.1 Å². The number of fused-ring (bicyclic) bond motifs is 1. The van der Waals surface area contributed by atoms with Crippen LogP contribution in [0.25, 0.3) is 0 Å². The summed E-state index contributed by atoms with van der Waals surface area (Å²) in [4.78, 5) is 33.3. The van der Waals surface area contributed by atoms with Crippen LogP contribution in [0.2, 0.25) is 0 Å². The Labute approximate surface area is 178 Å². The molecule has 2 heterocycles. The fourth-order valence-electron chi connectivity index (χ4n) is 5.28. The van der Waals surface area contributed by atoms with E-state index < -0.39 is 5.54 Å². The van der Waals surface area contributed by atoms with Crippen molar-refractivity contribution < 1.29 is 9.59 Å². The Hall–Kier alpha value is -2.69. The van der Waals surface area contributed by atoms with E-state index in [0.717, 1.165) is 56.2 Å². The summed E-state index contributed by atoms with van der Waals surface area (Å²) in [6, 6.07) is 11.6. The zero-order chi connectivity index (χ0) is 21.0. The molecule has 1 saturated carbocycles. The lowest BCUT2D eigenvalue weighted by Gasteiger charge is -2.53. The van der Waals surface area contributed by atoms with Crippen molar-refractivity contribution in [3.63, 3.8) is 0 Å². The predicted octanol–water partition coefficient (Wildman–Crippen LogP) is 4.44. The van der Waals surface area contributed by atoms with Gasteiger partial charge < -0.3 is 10.2 Å². The van der Waals surface area contributed by atoms with Crippen molar-refractivity contribution in [3.8, 4) is 0 Å². The lowest BCUT2D eigenvalue weighted by atomic mass is 9.65. The third-order valence-corrected chi connectivity index (χ3v) is 6.76. The van der Waals surface area contributed by atoms with Gasteiger partial charge in [0.25, 0.3) is 5.91 Å². The summed E-state index contributed by atoms with van der Waals surface area (Å²) in [6.45, 7) is 3.34. The lowest BCUT2D eigenvalue weighted by molar-refractivity contribution is -0.127.